The van der Waals surface area contributed by atoms with E-state index in [1.54, 1.807) is 11.3 Å². The van der Waals surface area contributed by atoms with E-state index in [0.29, 0.717) is 6.54 Å². The SMILES string of the molecule is COC(=O)CC(O)CNc1csc2ccccc12. The number of aliphatic hydroxyl groups excluding tert-OH is 1. The van der Waals surface area contributed by atoms with Crippen molar-refractivity contribution in [1.82, 2.24) is 0 Å². The van der Waals surface area contributed by atoms with Crippen molar-refractivity contribution < 1.29 is 14.6 Å². The Bertz CT molecular complexity index is 538. The van der Waals surface area contributed by atoms with Gasteiger partial charge in [-0.3, -0.25) is 4.79 Å². The van der Waals surface area contributed by atoms with Gasteiger partial charge in [-0.15, -0.1) is 11.3 Å². The molecule has 0 radical (unpaired) electrons. The summed E-state index contributed by atoms with van der Waals surface area (Å²) in [6, 6.07) is 8.05. The molecular weight excluding hydrogens is 250 g/mol. The number of benzene rings is 1. The van der Waals surface area contributed by atoms with Gasteiger partial charge in [0.1, 0.15) is 0 Å². The maximum Gasteiger partial charge on any atom is 0.308 e. The number of rotatable bonds is 5. The minimum absolute atomic E-state index is 0.00553. The summed E-state index contributed by atoms with van der Waals surface area (Å²) in [5, 5.41) is 16.0. The Morgan fingerprint density at radius 3 is 3.06 bits per heavy atom. The average Bonchev–Trinajstić information content (AvgIpc) is 2.79. The first kappa shape index (κ1) is 12.9. The van der Waals surface area contributed by atoms with Crippen molar-refractivity contribution in [1.29, 1.82) is 0 Å². The Labute approximate surface area is 109 Å². The molecule has 2 aromatic rings. The Morgan fingerprint density at radius 2 is 2.28 bits per heavy atom. The van der Waals surface area contributed by atoms with E-state index in [2.05, 4.69) is 16.1 Å². The second-order valence-corrected chi connectivity index (χ2v) is 4.87. The molecule has 4 nitrogen and oxygen atoms in total. The van der Waals surface area contributed by atoms with Gasteiger partial charge in [0, 0.05) is 22.0 Å². The van der Waals surface area contributed by atoms with E-state index in [0.717, 1.165) is 11.1 Å². The van der Waals surface area contributed by atoms with Crippen LogP contribution in [0.15, 0.2) is 29.6 Å². The number of hydrogen-bond acceptors (Lipinski definition) is 5. The standard InChI is InChI=1S/C13H15NO3S/c1-17-13(16)6-9(15)7-14-11-8-18-12-5-3-2-4-10(11)12/h2-5,8-9,14-15H,6-7H2,1H3. The van der Waals surface area contributed by atoms with E-state index >= 15 is 0 Å². The first-order valence-electron chi connectivity index (χ1n) is 5.65. The second kappa shape index (κ2) is 5.84. The minimum Gasteiger partial charge on any atom is -0.469 e. The van der Waals surface area contributed by atoms with Gasteiger partial charge in [-0.2, -0.15) is 0 Å². The van der Waals surface area contributed by atoms with Gasteiger partial charge >= 0.3 is 5.97 Å². The van der Waals surface area contributed by atoms with E-state index in [4.69, 9.17) is 0 Å². The normalized spacial score (nSPS) is 12.3. The van der Waals surface area contributed by atoms with Gasteiger partial charge in [-0.1, -0.05) is 18.2 Å². The maximum atomic E-state index is 11.0. The molecule has 1 heterocycles. The number of methoxy groups -OCH3 is 1. The quantitative estimate of drug-likeness (QED) is 0.814. The number of aliphatic hydroxyl groups is 1. The van der Waals surface area contributed by atoms with Crippen molar-refractivity contribution in [2.45, 2.75) is 12.5 Å². The van der Waals surface area contributed by atoms with Gasteiger partial charge in [0.05, 0.1) is 25.3 Å². The third-order valence-electron chi connectivity index (χ3n) is 2.64. The topological polar surface area (TPSA) is 58.6 Å². The Kier molecular flexibility index (Phi) is 4.17. The van der Waals surface area contributed by atoms with Gasteiger partial charge < -0.3 is 15.2 Å². The van der Waals surface area contributed by atoms with E-state index in [1.165, 1.54) is 11.8 Å². The molecule has 1 aromatic heterocycles. The van der Waals surface area contributed by atoms with Crippen LogP contribution >= 0.6 is 11.3 Å². The number of ether oxygens (including phenoxy) is 1. The first-order chi connectivity index (χ1) is 8.70. The molecule has 0 saturated carbocycles. The number of esters is 1. The lowest BCUT2D eigenvalue weighted by atomic mass is 10.2. The van der Waals surface area contributed by atoms with Gasteiger partial charge in [0.2, 0.25) is 0 Å². The van der Waals surface area contributed by atoms with Crippen LogP contribution in [0, 0.1) is 0 Å². The van der Waals surface area contributed by atoms with E-state index in [-0.39, 0.29) is 6.42 Å². The highest BCUT2D eigenvalue weighted by molar-refractivity contribution is 7.17. The largest absolute Gasteiger partial charge is 0.469 e. The highest BCUT2D eigenvalue weighted by atomic mass is 32.1. The zero-order valence-corrected chi connectivity index (χ0v) is 10.9. The second-order valence-electron chi connectivity index (χ2n) is 3.96. The smallest absolute Gasteiger partial charge is 0.308 e. The predicted molar refractivity (Wildman–Crippen MR) is 73.0 cm³/mol. The fourth-order valence-corrected chi connectivity index (χ4v) is 2.61. The van der Waals surface area contributed by atoms with E-state index in [9.17, 15) is 9.90 Å². The lowest BCUT2D eigenvalue weighted by Crippen LogP contribution is -2.23. The lowest BCUT2D eigenvalue weighted by Gasteiger charge is -2.10. The number of nitrogens with one attached hydrogen (secondary N) is 1. The van der Waals surface area contributed by atoms with Gasteiger partial charge in [-0.05, 0) is 6.07 Å². The molecule has 0 aliphatic rings. The van der Waals surface area contributed by atoms with Crippen molar-refractivity contribution in [3.8, 4) is 0 Å². The third-order valence-corrected chi connectivity index (χ3v) is 3.60. The van der Waals surface area contributed by atoms with Crippen LogP contribution in [0.2, 0.25) is 0 Å². The van der Waals surface area contributed by atoms with Crippen molar-refractivity contribution in [2.24, 2.45) is 0 Å². The number of carbonyl (C=O) groups excluding carboxylic acids is 1. The summed E-state index contributed by atoms with van der Waals surface area (Å²) in [5.41, 5.74) is 0.986. The Hall–Kier alpha value is -1.59. The molecule has 96 valence electrons. The van der Waals surface area contributed by atoms with Crippen LogP contribution in [0.3, 0.4) is 0 Å². The molecule has 1 unspecified atom stereocenters. The first-order valence-corrected chi connectivity index (χ1v) is 6.53. The van der Waals surface area contributed by atoms with E-state index in [1.807, 2.05) is 23.6 Å². The summed E-state index contributed by atoms with van der Waals surface area (Å²) < 4.78 is 5.70. The summed E-state index contributed by atoms with van der Waals surface area (Å²) in [6.45, 7) is 0.329. The number of anilines is 1. The summed E-state index contributed by atoms with van der Waals surface area (Å²) in [4.78, 5) is 11.0. The van der Waals surface area contributed by atoms with Gasteiger partial charge in [-0.25, -0.2) is 0 Å². The van der Waals surface area contributed by atoms with Crippen molar-refractivity contribution in [3.05, 3.63) is 29.6 Å². The summed E-state index contributed by atoms with van der Waals surface area (Å²) in [5.74, 6) is -0.403. The predicted octanol–water partition coefficient (Wildman–Crippen LogP) is 2.24. The molecule has 0 aliphatic heterocycles. The summed E-state index contributed by atoms with van der Waals surface area (Å²) in [7, 11) is 1.31. The Morgan fingerprint density at radius 1 is 1.50 bits per heavy atom. The van der Waals surface area contributed by atoms with Gasteiger partial charge in [0.15, 0.2) is 0 Å². The summed E-state index contributed by atoms with van der Waals surface area (Å²) in [6.07, 6.45) is -0.734. The highest BCUT2D eigenvalue weighted by Crippen LogP contribution is 2.29. The zero-order chi connectivity index (χ0) is 13.0. The molecule has 0 fully saturated rings. The number of fused-ring (bicyclic) bond motifs is 1. The zero-order valence-electron chi connectivity index (χ0n) is 10.1. The molecule has 1 aromatic carbocycles. The van der Waals surface area contributed by atoms with Crippen molar-refractivity contribution in [3.63, 3.8) is 0 Å². The molecule has 0 aliphatic carbocycles. The molecular formula is C13H15NO3S. The molecule has 0 spiro atoms. The monoisotopic (exact) mass is 265 g/mol. The maximum absolute atomic E-state index is 11.0. The lowest BCUT2D eigenvalue weighted by molar-refractivity contribution is -0.142. The number of carbonyl (C=O) groups is 1. The average molecular weight is 265 g/mol. The van der Waals surface area contributed by atoms with Crippen LogP contribution in [0.4, 0.5) is 5.69 Å². The van der Waals surface area contributed by atoms with Crippen LogP contribution in [0.5, 0.6) is 0 Å². The highest BCUT2D eigenvalue weighted by Gasteiger charge is 2.11. The molecule has 0 bridgehead atoms. The number of thiophene rings is 1. The van der Waals surface area contributed by atoms with Crippen LogP contribution in [-0.4, -0.2) is 30.8 Å². The molecule has 5 heteroatoms. The van der Waals surface area contributed by atoms with Crippen LogP contribution in [0.25, 0.3) is 10.1 Å². The van der Waals surface area contributed by atoms with Crippen LogP contribution in [0.1, 0.15) is 6.42 Å². The van der Waals surface area contributed by atoms with E-state index < -0.39 is 12.1 Å². The molecule has 0 amide bonds. The van der Waals surface area contributed by atoms with Crippen molar-refractivity contribution in [2.75, 3.05) is 19.0 Å². The summed E-state index contributed by atoms with van der Waals surface area (Å²) >= 11 is 1.65. The Balaban J connectivity index is 1.96. The molecule has 2 rings (SSSR count). The number of hydrogen-bond donors (Lipinski definition) is 2. The van der Waals surface area contributed by atoms with Crippen LogP contribution in [-0.2, 0) is 9.53 Å². The van der Waals surface area contributed by atoms with Gasteiger partial charge in [0.25, 0.3) is 0 Å². The van der Waals surface area contributed by atoms with Crippen LogP contribution < -0.4 is 5.32 Å². The minimum atomic E-state index is -0.740. The third kappa shape index (κ3) is 3.00. The molecule has 1 atom stereocenters. The fraction of sp³-hybridized carbons (Fsp3) is 0.308. The van der Waals surface area contributed by atoms with Crippen molar-refractivity contribution >= 4 is 33.1 Å². The fourth-order valence-electron chi connectivity index (χ4n) is 1.69. The molecule has 0 saturated heterocycles. The molecule has 2 N–H and O–H groups in total. The molecule has 18 heavy (non-hydrogen) atoms.